The SMILES string of the molecule is CN1CCN2CCC(F)(F)CC2C1. The summed E-state index contributed by atoms with van der Waals surface area (Å²) in [4.78, 5) is 4.35. The second-order valence-electron chi connectivity index (χ2n) is 4.26. The molecular weight excluding hydrogens is 174 g/mol. The van der Waals surface area contributed by atoms with Crippen LogP contribution in [0, 0.1) is 0 Å². The number of hydrogen-bond donors (Lipinski definition) is 0. The van der Waals surface area contributed by atoms with Crippen LogP contribution in [0.1, 0.15) is 12.8 Å². The number of hydrogen-bond acceptors (Lipinski definition) is 2. The fraction of sp³-hybridized carbons (Fsp3) is 1.00. The van der Waals surface area contributed by atoms with Crippen LogP contribution in [0.15, 0.2) is 0 Å². The Bertz CT molecular complexity index is 196. The van der Waals surface area contributed by atoms with Gasteiger partial charge in [-0.25, -0.2) is 8.78 Å². The largest absolute Gasteiger partial charge is 0.304 e. The van der Waals surface area contributed by atoms with E-state index in [1.165, 1.54) is 0 Å². The van der Waals surface area contributed by atoms with Gasteiger partial charge in [0.1, 0.15) is 0 Å². The van der Waals surface area contributed by atoms with Gasteiger partial charge in [-0.1, -0.05) is 0 Å². The van der Waals surface area contributed by atoms with Crippen LogP contribution in [-0.2, 0) is 0 Å². The Morgan fingerprint density at radius 3 is 2.77 bits per heavy atom. The molecule has 0 saturated carbocycles. The van der Waals surface area contributed by atoms with E-state index in [4.69, 9.17) is 0 Å². The van der Waals surface area contributed by atoms with Crippen LogP contribution >= 0.6 is 0 Å². The van der Waals surface area contributed by atoms with Crippen molar-refractivity contribution in [1.29, 1.82) is 0 Å². The second-order valence-corrected chi connectivity index (χ2v) is 4.26. The van der Waals surface area contributed by atoms with E-state index < -0.39 is 5.92 Å². The quantitative estimate of drug-likeness (QED) is 0.563. The molecule has 2 aliphatic rings. The Balaban J connectivity index is 2.00. The number of alkyl halides is 2. The van der Waals surface area contributed by atoms with E-state index in [0.717, 1.165) is 19.6 Å². The summed E-state index contributed by atoms with van der Waals surface area (Å²) in [5.41, 5.74) is 0. The Morgan fingerprint density at radius 2 is 2.00 bits per heavy atom. The van der Waals surface area contributed by atoms with Crippen molar-refractivity contribution in [2.24, 2.45) is 0 Å². The number of nitrogens with zero attached hydrogens (tertiary/aromatic N) is 2. The summed E-state index contributed by atoms with van der Waals surface area (Å²) < 4.78 is 26.1. The van der Waals surface area contributed by atoms with Gasteiger partial charge >= 0.3 is 0 Å². The summed E-state index contributed by atoms with van der Waals surface area (Å²) in [6.07, 6.45) is 0.102. The molecule has 2 fully saturated rings. The van der Waals surface area contributed by atoms with Crippen LogP contribution < -0.4 is 0 Å². The normalized spacial score (nSPS) is 35.8. The molecule has 2 rings (SSSR count). The van der Waals surface area contributed by atoms with Crippen LogP contribution in [0.25, 0.3) is 0 Å². The maximum Gasteiger partial charge on any atom is 0.250 e. The van der Waals surface area contributed by atoms with Crippen molar-refractivity contribution in [2.45, 2.75) is 24.8 Å². The number of rotatable bonds is 0. The first-order chi connectivity index (χ1) is 6.07. The Morgan fingerprint density at radius 1 is 1.23 bits per heavy atom. The lowest BCUT2D eigenvalue weighted by Gasteiger charge is -2.45. The van der Waals surface area contributed by atoms with E-state index in [2.05, 4.69) is 9.80 Å². The first-order valence-corrected chi connectivity index (χ1v) is 4.87. The topological polar surface area (TPSA) is 6.48 Å². The maximum absolute atomic E-state index is 13.1. The minimum Gasteiger partial charge on any atom is -0.304 e. The standard InChI is InChI=1S/C9H16F2N2/c1-12-4-5-13-3-2-9(10,11)6-8(13)7-12/h8H,2-7H2,1H3. The third kappa shape index (κ3) is 1.99. The lowest BCUT2D eigenvalue weighted by atomic mass is 9.96. The van der Waals surface area contributed by atoms with Gasteiger partial charge in [-0.05, 0) is 7.05 Å². The number of piperazine rings is 1. The molecule has 2 heterocycles. The zero-order chi connectivity index (χ0) is 9.47. The second kappa shape index (κ2) is 3.17. The summed E-state index contributed by atoms with van der Waals surface area (Å²) in [5, 5.41) is 0. The average Bonchev–Trinajstić information content (AvgIpc) is 2.01. The van der Waals surface area contributed by atoms with Gasteiger partial charge in [0, 0.05) is 45.1 Å². The third-order valence-electron chi connectivity index (χ3n) is 3.11. The fourth-order valence-electron chi connectivity index (χ4n) is 2.29. The lowest BCUT2D eigenvalue weighted by molar-refractivity contribution is -0.0929. The van der Waals surface area contributed by atoms with Gasteiger partial charge in [-0.3, -0.25) is 4.90 Å². The molecule has 4 heteroatoms. The van der Waals surface area contributed by atoms with E-state index in [-0.39, 0.29) is 18.9 Å². The molecule has 0 bridgehead atoms. The lowest BCUT2D eigenvalue weighted by Crippen LogP contribution is -2.57. The van der Waals surface area contributed by atoms with Crippen molar-refractivity contribution >= 4 is 0 Å². The van der Waals surface area contributed by atoms with Crippen LogP contribution in [0.4, 0.5) is 8.78 Å². The molecule has 1 atom stereocenters. The molecule has 1 unspecified atom stereocenters. The summed E-state index contributed by atoms with van der Waals surface area (Å²) in [7, 11) is 2.00. The van der Waals surface area contributed by atoms with E-state index in [0.29, 0.717) is 6.54 Å². The molecule has 0 spiro atoms. The van der Waals surface area contributed by atoms with Crippen molar-refractivity contribution < 1.29 is 8.78 Å². The molecule has 76 valence electrons. The van der Waals surface area contributed by atoms with Crippen molar-refractivity contribution in [1.82, 2.24) is 9.80 Å². The van der Waals surface area contributed by atoms with E-state index in [1.54, 1.807) is 0 Å². The summed E-state index contributed by atoms with van der Waals surface area (Å²) in [6, 6.07) is 0.0856. The van der Waals surface area contributed by atoms with Crippen molar-refractivity contribution in [3.8, 4) is 0 Å². The van der Waals surface area contributed by atoms with Gasteiger partial charge in [0.15, 0.2) is 0 Å². The monoisotopic (exact) mass is 190 g/mol. The van der Waals surface area contributed by atoms with Gasteiger partial charge in [0.2, 0.25) is 0 Å². The number of likely N-dealkylation sites (N-methyl/N-ethyl adjacent to an activating group) is 1. The Labute approximate surface area is 77.5 Å². The smallest absolute Gasteiger partial charge is 0.250 e. The first kappa shape index (κ1) is 9.34. The number of fused-ring (bicyclic) bond motifs is 1. The third-order valence-corrected chi connectivity index (χ3v) is 3.11. The summed E-state index contributed by atoms with van der Waals surface area (Å²) >= 11 is 0. The average molecular weight is 190 g/mol. The molecule has 0 radical (unpaired) electrons. The van der Waals surface area contributed by atoms with Gasteiger partial charge in [-0.2, -0.15) is 0 Å². The molecule has 2 saturated heterocycles. The van der Waals surface area contributed by atoms with Gasteiger partial charge in [0.05, 0.1) is 0 Å². The number of piperidine rings is 1. The highest BCUT2D eigenvalue weighted by Crippen LogP contribution is 2.32. The maximum atomic E-state index is 13.1. The van der Waals surface area contributed by atoms with Crippen molar-refractivity contribution in [3.63, 3.8) is 0 Å². The molecule has 0 aromatic rings. The number of halogens is 2. The summed E-state index contributed by atoms with van der Waals surface area (Å²) in [5.74, 6) is -2.42. The molecule has 0 aliphatic carbocycles. The molecular formula is C9H16F2N2. The minimum atomic E-state index is -2.42. The van der Waals surface area contributed by atoms with Gasteiger partial charge in [0.25, 0.3) is 5.92 Å². The van der Waals surface area contributed by atoms with Crippen LogP contribution in [0.2, 0.25) is 0 Å². The predicted octanol–water partition coefficient (Wildman–Crippen LogP) is 1.03. The molecule has 0 N–H and O–H groups in total. The van der Waals surface area contributed by atoms with Crippen molar-refractivity contribution in [2.75, 3.05) is 33.2 Å². The zero-order valence-corrected chi connectivity index (χ0v) is 7.97. The molecule has 13 heavy (non-hydrogen) atoms. The Hall–Kier alpha value is -0.220. The summed E-state index contributed by atoms with van der Waals surface area (Å²) in [6.45, 7) is 3.35. The van der Waals surface area contributed by atoms with E-state index in [9.17, 15) is 8.78 Å². The van der Waals surface area contributed by atoms with Crippen LogP contribution in [0.5, 0.6) is 0 Å². The van der Waals surface area contributed by atoms with Crippen molar-refractivity contribution in [3.05, 3.63) is 0 Å². The molecule has 2 nitrogen and oxygen atoms in total. The van der Waals surface area contributed by atoms with Crippen LogP contribution in [-0.4, -0.2) is 55.0 Å². The predicted molar refractivity (Wildman–Crippen MR) is 47.0 cm³/mol. The van der Waals surface area contributed by atoms with E-state index >= 15 is 0 Å². The minimum absolute atomic E-state index is 0.0488. The first-order valence-electron chi connectivity index (χ1n) is 4.87. The zero-order valence-electron chi connectivity index (χ0n) is 7.97. The molecule has 2 aliphatic heterocycles. The fourth-order valence-corrected chi connectivity index (χ4v) is 2.29. The molecule has 0 amide bonds. The van der Waals surface area contributed by atoms with Gasteiger partial charge in [-0.15, -0.1) is 0 Å². The van der Waals surface area contributed by atoms with Crippen LogP contribution in [0.3, 0.4) is 0 Å². The Kier molecular flexibility index (Phi) is 2.28. The molecule has 0 aromatic carbocycles. The molecule has 0 aromatic heterocycles. The highest BCUT2D eigenvalue weighted by molar-refractivity contribution is 4.90. The van der Waals surface area contributed by atoms with Gasteiger partial charge < -0.3 is 4.90 Å². The highest BCUT2D eigenvalue weighted by atomic mass is 19.3. The highest BCUT2D eigenvalue weighted by Gasteiger charge is 2.41. The van der Waals surface area contributed by atoms with E-state index in [1.807, 2.05) is 7.05 Å².